The van der Waals surface area contributed by atoms with E-state index in [4.69, 9.17) is 9.47 Å². The molecule has 26 heavy (non-hydrogen) atoms. The Morgan fingerprint density at radius 1 is 0.962 bits per heavy atom. The Morgan fingerprint density at radius 3 is 2.27 bits per heavy atom. The van der Waals surface area contributed by atoms with Crippen LogP contribution in [0, 0.1) is 0 Å². The first-order valence-corrected chi connectivity index (χ1v) is 9.29. The SMILES string of the molecule is O=S(=O)(NCc1ccc(C(F)(F)F)cc1)c1ccc2c(c1)OCCCO2. The van der Waals surface area contributed by atoms with Gasteiger partial charge in [0, 0.05) is 19.0 Å². The number of fused-ring (bicyclic) bond motifs is 1. The lowest BCUT2D eigenvalue weighted by Crippen LogP contribution is -2.23. The molecule has 0 fully saturated rings. The standard InChI is InChI=1S/C17H16F3NO4S/c18-17(19,20)13-4-2-12(3-5-13)11-21-26(22,23)14-6-7-15-16(10-14)25-9-1-8-24-15/h2-7,10,21H,1,8-9,11H2. The van der Waals surface area contributed by atoms with Crippen LogP contribution in [0.3, 0.4) is 0 Å². The molecule has 1 aliphatic rings. The summed E-state index contributed by atoms with van der Waals surface area (Å²) in [5.41, 5.74) is -0.372. The van der Waals surface area contributed by atoms with Gasteiger partial charge in [0.2, 0.25) is 10.0 Å². The average Bonchev–Trinajstić information content (AvgIpc) is 2.84. The molecule has 140 valence electrons. The molecule has 1 heterocycles. The van der Waals surface area contributed by atoms with Crippen LogP contribution in [-0.2, 0) is 22.7 Å². The van der Waals surface area contributed by atoms with Crippen LogP contribution in [0.2, 0.25) is 0 Å². The van der Waals surface area contributed by atoms with Gasteiger partial charge in [-0.1, -0.05) is 12.1 Å². The second-order valence-electron chi connectivity index (χ2n) is 5.68. The van der Waals surface area contributed by atoms with E-state index in [0.29, 0.717) is 36.7 Å². The monoisotopic (exact) mass is 387 g/mol. The van der Waals surface area contributed by atoms with Crippen molar-refractivity contribution in [2.24, 2.45) is 0 Å². The number of hydrogen-bond donors (Lipinski definition) is 1. The molecule has 1 N–H and O–H groups in total. The molecule has 1 aliphatic heterocycles. The summed E-state index contributed by atoms with van der Waals surface area (Å²) >= 11 is 0. The van der Waals surface area contributed by atoms with Gasteiger partial charge < -0.3 is 9.47 Å². The lowest BCUT2D eigenvalue weighted by molar-refractivity contribution is -0.137. The predicted molar refractivity (Wildman–Crippen MR) is 87.5 cm³/mol. The van der Waals surface area contributed by atoms with E-state index in [1.54, 1.807) is 0 Å². The van der Waals surface area contributed by atoms with Crippen LogP contribution < -0.4 is 14.2 Å². The topological polar surface area (TPSA) is 64.6 Å². The summed E-state index contributed by atoms with van der Waals surface area (Å²) in [7, 11) is -3.85. The number of benzene rings is 2. The summed E-state index contributed by atoms with van der Waals surface area (Å²) < 4.78 is 75.8. The number of halogens is 3. The van der Waals surface area contributed by atoms with Gasteiger partial charge in [-0.05, 0) is 29.8 Å². The lowest BCUT2D eigenvalue weighted by Gasteiger charge is -2.11. The minimum atomic E-state index is -4.43. The third-order valence-electron chi connectivity index (χ3n) is 3.78. The zero-order valence-corrected chi connectivity index (χ0v) is 14.4. The number of hydrogen-bond acceptors (Lipinski definition) is 4. The van der Waals surface area contributed by atoms with Crippen LogP contribution in [0.25, 0.3) is 0 Å². The molecule has 2 aromatic carbocycles. The van der Waals surface area contributed by atoms with Gasteiger partial charge >= 0.3 is 6.18 Å². The molecule has 0 atom stereocenters. The van der Waals surface area contributed by atoms with E-state index in [2.05, 4.69) is 4.72 Å². The highest BCUT2D eigenvalue weighted by Crippen LogP contribution is 2.32. The number of ether oxygens (including phenoxy) is 2. The summed E-state index contributed by atoms with van der Waals surface area (Å²) in [6, 6.07) is 8.58. The van der Waals surface area contributed by atoms with Gasteiger partial charge in [0.15, 0.2) is 11.5 Å². The Balaban J connectivity index is 1.72. The van der Waals surface area contributed by atoms with Crippen LogP contribution in [-0.4, -0.2) is 21.6 Å². The first kappa shape index (κ1) is 18.5. The highest BCUT2D eigenvalue weighted by atomic mass is 32.2. The first-order valence-electron chi connectivity index (χ1n) is 7.81. The molecule has 2 aromatic rings. The Labute approximate surface area is 148 Å². The van der Waals surface area contributed by atoms with Crippen LogP contribution in [0.15, 0.2) is 47.4 Å². The smallest absolute Gasteiger partial charge is 0.416 e. The minimum absolute atomic E-state index is 0.00587. The van der Waals surface area contributed by atoms with Crippen molar-refractivity contribution in [3.8, 4) is 11.5 Å². The summed E-state index contributed by atoms with van der Waals surface area (Å²) in [4.78, 5) is -0.00587. The van der Waals surface area contributed by atoms with E-state index in [1.165, 1.54) is 30.3 Å². The van der Waals surface area contributed by atoms with E-state index in [0.717, 1.165) is 12.1 Å². The van der Waals surface area contributed by atoms with Crippen LogP contribution in [0.5, 0.6) is 11.5 Å². The summed E-state index contributed by atoms with van der Waals surface area (Å²) in [5.74, 6) is 0.823. The maximum absolute atomic E-state index is 12.5. The zero-order chi connectivity index (χ0) is 18.8. The highest BCUT2D eigenvalue weighted by molar-refractivity contribution is 7.89. The Hall–Kier alpha value is -2.26. The Kier molecular flexibility index (Phi) is 5.10. The van der Waals surface area contributed by atoms with Crippen molar-refractivity contribution in [2.45, 2.75) is 24.0 Å². The lowest BCUT2D eigenvalue weighted by atomic mass is 10.1. The summed E-state index contributed by atoms with van der Waals surface area (Å²) in [6.07, 6.45) is -3.73. The molecule has 0 aromatic heterocycles. The molecule has 0 spiro atoms. The van der Waals surface area contributed by atoms with Crippen molar-refractivity contribution in [1.82, 2.24) is 4.72 Å². The number of nitrogens with one attached hydrogen (secondary N) is 1. The quantitative estimate of drug-likeness (QED) is 0.874. The molecule has 0 unspecified atom stereocenters. The molecule has 0 aliphatic carbocycles. The van der Waals surface area contributed by atoms with Gasteiger partial charge in [-0.2, -0.15) is 13.2 Å². The van der Waals surface area contributed by atoms with E-state index in [9.17, 15) is 21.6 Å². The van der Waals surface area contributed by atoms with Gasteiger partial charge in [-0.3, -0.25) is 0 Å². The van der Waals surface area contributed by atoms with Crippen molar-refractivity contribution in [1.29, 1.82) is 0 Å². The fourth-order valence-electron chi connectivity index (χ4n) is 2.38. The van der Waals surface area contributed by atoms with E-state index in [1.807, 2.05) is 0 Å². The Bertz CT molecular complexity index is 880. The number of alkyl halides is 3. The minimum Gasteiger partial charge on any atom is -0.490 e. The third-order valence-corrected chi connectivity index (χ3v) is 5.18. The van der Waals surface area contributed by atoms with Gasteiger partial charge in [0.05, 0.1) is 23.7 Å². The van der Waals surface area contributed by atoms with E-state index in [-0.39, 0.29) is 11.4 Å². The first-order chi connectivity index (χ1) is 12.3. The fourth-order valence-corrected chi connectivity index (χ4v) is 3.42. The third kappa shape index (κ3) is 4.28. The summed E-state index contributed by atoms with van der Waals surface area (Å²) in [5, 5.41) is 0. The molecule has 0 saturated heterocycles. The molecular weight excluding hydrogens is 371 g/mol. The van der Waals surface area contributed by atoms with Crippen molar-refractivity contribution >= 4 is 10.0 Å². The van der Waals surface area contributed by atoms with E-state index >= 15 is 0 Å². The average molecular weight is 387 g/mol. The summed E-state index contributed by atoms with van der Waals surface area (Å²) in [6.45, 7) is 0.787. The number of sulfonamides is 1. The Morgan fingerprint density at radius 2 is 1.62 bits per heavy atom. The van der Waals surface area contributed by atoms with Crippen LogP contribution in [0.1, 0.15) is 17.5 Å². The molecule has 0 radical (unpaired) electrons. The molecule has 3 rings (SSSR count). The zero-order valence-electron chi connectivity index (χ0n) is 13.5. The fraction of sp³-hybridized carbons (Fsp3) is 0.294. The molecular formula is C17H16F3NO4S. The maximum Gasteiger partial charge on any atom is 0.416 e. The van der Waals surface area contributed by atoms with Crippen molar-refractivity contribution in [3.05, 3.63) is 53.6 Å². The molecule has 5 nitrogen and oxygen atoms in total. The van der Waals surface area contributed by atoms with Gasteiger partial charge in [0.25, 0.3) is 0 Å². The largest absolute Gasteiger partial charge is 0.490 e. The highest BCUT2D eigenvalue weighted by Gasteiger charge is 2.30. The molecule has 0 saturated carbocycles. The van der Waals surface area contributed by atoms with Crippen molar-refractivity contribution in [2.75, 3.05) is 13.2 Å². The normalized spacial score (nSPS) is 14.7. The van der Waals surface area contributed by atoms with E-state index < -0.39 is 21.8 Å². The second-order valence-corrected chi connectivity index (χ2v) is 7.45. The predicted octanol–water partition coefficient (Wildman–Crippen LogP) is 3.35. The van der Waals surface area contributed by atoms with Crippen molar-refractivity contribution < 1.29 is 31.1 Å². The maximum atomic E-state index is 12.5. The van der Waals surface area contributed by atoms with Gasteiger partial charge in [-0.25, -0.2) is 13.1 Å². The molecule has 0 bridgehead atoms. The number of rotatable bonds is 4. The van der Waals surface area contributed by atoms with Gasteiger partial charge in [-0.15, -0.1) is 0 Å². The van der Waals surface area contributed by atoms with Crippen LogP contribution >= 0.6 is 0 Å². The van der Waals surface area contributed by atoms with Crippen LogP contribution in [0.4, 0.5) is 13.2 Å². The van der Waals surface area contributed by atoms with Crippen molar-refractivity contribution in [3.63, 3.8) is 0 Å². The van der Waals surface area contributed by atoms with Gasteiger partial charge in [0.1, 0.15) is 0 Å². The second kappa shape index (κ2) is 7.16. The molecule has 9 heteroatoms. The molecule has 0 amide bonds.